The third-order valence-electron chi connectivity index (χ3n) is 2.94. The lowest BCUT2D eigenvalue weighted by Crippen LogP contribution is -2.34. The van der Waals surface area contributed by atoms with Crippen LogP contribution in [0, 0.1) is 0 Å². The summed E-state index contributed by atoms with van der Waals surface area (Å²) in [6.07, 6.45) is 1.01. The second-order valence-corrected chi connectivity index (χ2v) is 4.13. The van der Waals surface area contributed by atoms with Gasteiger partial charge in [-0.3, -0.25) is 4.79 Å². The maximum Gasteiger partial charge on any atom is 0.254 e. The van der Waals surface area contributed by atoms with Gasteiger partial charge in [-0.25, -0.2) is 0 Å². The van der Waals surface area contributed by atoms with Gasteiger partial charge in [0.15, 0.2) is 0 Å². The van der Waals surface area contributed by atoms with E-state index in [1.807, 2.05) is 23.1 Å². The molecule has 0 saturated carbocycles. The van der Waals surface area contributed by atoms with E-state index in [1.54, 1.807) is 13.2 Å². The first-order chi connectivity index (χ1) is 8.31. The Morgan fingerprint density at radius 2 is 2.17 bits per heavy atom. The van der Waals surface area contributed by atoms with Gasteiger partial charge in [-0.1, -0.05) is 6.07 Å². The summed E-state index contributed by atoms with van der Waals surface area (Å²) in [6, 6.07) is 7.33. The molecule has 4 nitrogen and oxygen atoms in total. The smallest absolute Gasteiger partial charge is 0.254 e. The summed E-state index contributed by atoms with van der Waals surface area (Å²) in [4.78, 5) is 14.2. The lowest BCUT2D eigenvalue weighted by molar-refractivity contribution is 0.0766. The largest absolute Gasteiger partial charge is 0.497 e. The average molecular weight is 271 g/mol. The molecule has 1 heterocycles. The lowest BCUT2D eigenvalue weighted by atomic mass is 10.2. The van der Waals surface area contributed by atoms with Gasteiger partial charge in [0.05, 0.1) is 7.11 Å². The van der Waals surface area contributed by atoms with E-state index in [2.05, 4.69) is 5.32 Å². The number of carbonyl (C=O) groups excluding carboxylic acids is 1. The summed E-state index contributed by atoms with van der Waals surface area (Å²) in [6.45, 7) is 3.46. The maximum absolute atomic E-state index is 12.3. The van der Waals surface area contributed by atoms with Gasteiger partial charge in [0.1, 0.15) is 5.75 Å². The normalized spacial score (nSPS) is 15.5. The summed E-state index contributed by atoms with van der Waals surface area (Å²) in [5.41, 5.74) is 0.700. The van der Waals surface area contributed by atoms with E-state index < -0.39 is 0 Å². The highest BCUT2D eigenvalue weighted by Crippen LogP contribution is 2.14. The van der Waals surface area contributed by atoms with Gasteiger partial charge >= 0.3 is 0 Å². The number of carbonyl (C=O) groups is 1. The summed E-state index contributed by atoms with van der Waals surface area (Å²) < 4.78 is 5.13. The van der Waals surface area contributed by atoms with Gasteiger partial charge in [-0.2, -0.15) is 0 Å². The fourth-order valence-corrected chi connectivity index (χ4v) is 1.99. The van der Waals surface area contributed by atoms with Crippen molar-refractivity contribution in [2.75, 3.05) is 33.3 Å². The number of ether oxygens (including phenoxy) is 1. The predicted octanol–water partition coefficient (Wildman–Crippen LogP) is 1.55. The molecular formula is C13H19ClN2O2. The SMILES string of the molecule is COc1cccc(C(=O)N2CCCNCC2)c1.Cl. The van der Waals surface area contributed by atoms with Gasteiger partial charge in [-0.15, -0.1) is 12.4 Å². The van der Waals surface area contributed by atoms with Crippen LogP contribution < -0.4 is 10.1 Å². The molecule has 0 radical (unpaired) electrons. The molecule has 0 bridgehead atoms. The van der Waals surface area contributed by atoms with Crippen molar-refractivity contribution in [3.05, 3.63) is 29.8 Å². The second-order valence-electron chi connectivity index (χ2n) is 4.13. The zero-order chi connectivity index (χ0) is 12.1. The molecule has 0 unspecified atom stereocenters. The molecule has 2 rings (SSSR count). The lowest BCUT2D eigenvalue weighted by Gasteiger charge is -2.20. The molecule has 100 valence electrons. The van der Waals surface area contributed by atoms with Crippen molar-refractivity contribution in [3.63, 3.8) is 0 Å². The Balaban J connectivity index is 0.00000162. The Bertz CT molecular complexity index is 390. The number of hydrogen-bond acceptors (Lipinski definition) is 3. The molecule has 0 aromatic heterocycles. The fourth-order valence-electron chi connectivity index (χ4n) is 1.99. The highest BCUT2D eigenvalue weighted by atomic mass is 35.5. The van der Waals surface area contributed by atoms with Gasteiger partial charge in [0, 0.05) is 25.2 Å². The molecule has 1 aliphatic heterocycles. The van der Waals surface area contributed by atoms with Crippen molar-refractivity contribution in [2.24, 2.45) is 0 Å². The quantitative estimate of drug-likeness (QED) is 0.887. The zero-order valence-corrected chi connectivity index (χ0v) is 11.3. The molecule has 1 N–H and O–H groups in total. The summed E-state index contributed by atoms with van der Waals surface area (Å²) in [5, 5.41) is 3.29. The Morgan fingerprint density at radius 1 is 1.33 bits per heavy atom. The number of rotatable bonds is 2. The summed E-state index contributed by atoms with van der Waals surface area (Å²) in [7, 11) is 1.61. The first-order valence-corrected chi connectivity index (χ1v) is 5.95. The van der Waals surface area contributed by atoms with Crippen molar-refractivity contribution in [1.29, 1.82) is 0 Å². The van der Waals surface area contributed by atoms with E-state index in [1.165, 1.54) is 0 Å². The summed E-state index contributed by atoms with van der Waals surface area (Å²) >= 11 is 0. The van der Waals surface area contributed by atoms with Crippen molar-refractivity contribution in [3.8, 4) is 5.75 Å². The van der Waals surface area contributed by atoms with Crippen LogP contribution in [0.4, 0.5) is 0 Å². The average Bonchev–Trinajstić information content (AvgIpc) is 2.67. The van der Waals surface area contributed by atoms with E-state index >= 15 is 0 Å². The van der Waals surface area contributed by atoms with Gasteiger partial charge < -0.3 is 15.0 Å². The van der Waals surface area contributed by atoms with Gasteiger partial charge in [0.2, 0.25) is 0 Å². The van der Waals surface area contributed by atoms with Crippen LogP contribution in [-0.2, 0) is 0 Å². The molecule has 0 spiro atoms. The Morgan fingerprint density at radius 3 is 2.94 bits per heavy atom. The van der Waals surface area contributed by atoms with E-state index in [0.717, 1.165) is 38.3 Å². The number of nitrogens with zero attached hydrogens (tertiary/aromatic N) is 1. The van der Waals surface area contributed by atoms with Crippen molar-refractivity contribution in [1.82, 2.24) is 10.2 Å². The molecule has 1 fully saturated rings. The monoisotopic (exact) mass is 270 g/mol. The number of methoxy groups -OCH3 is 1. The topological polar surface area (TPSA) is 41.6 Å². The van der Waals surface area contributed by atoms with Crippen LogP contribution in [0.3, 0.4) is 0 Å². The number of hydrogen-bond donors (Lipinski definition) is 1. The minimum atomic E-state index is 0. The Kier molecular flexibility index (Phi) is 5.95. The minimum Gasteiger partial charge on any atom is -0.497 e. The van der Waals surface area contributed by atoms with Gasteiger partial charge in [0.25, 0.3) is 5.91 Å². The zero-order valence-electron chi connectivity index (χ0n) is 10.5. The molecule has 0 atom stereocenters. The minimum absolute atomic E-state index is 0. The van der Waals surface area contributed by atoms with Crippen LogP contribution in [-0.4, -0.2) is 44.1 Å². The van der Waals surface area contributed by atoms with E-state index in [0.29, 0.717) is 5.56 Å². The van der Waals surface area contributed by atoms with Crippen LogP contribution in [0.1, 0.15) is 16.8 Å². The second kappa shape index (κ2) is 7.24. The molecule has 1 aliphatic rings. The number of nitrogens with one attached hydrogen (secondary N) is 1. The Labute approximate surface area is 114 Å². The molecule has 1 aromatic rings. The highest BCUT2D eigenvalue weighted by molar-refractivity contribution is 5.94. The molecule has 0 aliphatic carbocycles. The van der Waals surface area contributed by atoms with Crippen LogP contribution in [0.2, 0.25) is 0 Å². The van der Waals surface area contributed by atoms with E-state index in [-0.39, 0.29) is 18.3 Å². The fraction of sp³-hybridized carbons (Fsp3) is 0.462. The third-order valence-corrected chi connectivity index (χ3v) is 2.94. The third kappa shape index (κ3) is 3.62. The van der Waals surface area contributed by atoms with Crippen LogP contribution >= 0.6 is 12.4 Å². The van der Waals surface area contributed by atoms with Crippen LogP contribution in [0.15, 0.2) is 24.3 Å². The predicted molar refractivity (Wildman–Crippen MR) is 73.6 cm³/mol. The van der Waals surface area contributed by atoms with E-state index in [9.17, 15) is 4.79 Å². The first-order valence-electron chi connectivity index (χ1n) is 5.95. The van der Waals surface area contributed by atoms with Gasteiger partial charge in [-0.05, 0) is 31.2 Å². The van der Waals surface area contributed by atoms with Crippen molar-refractivity contribution in [2.45, 2.75) is 6.42 Å². The molecule has 18 heavy (non-hydrogen) atoms. The molecule has 1 saturated heterocycles. The first kappa shape index (κ1) is 14.8. The molecular weight excluding hydrogens is 252 g/mol. The molecule has 5 heteroatoms. The summed E-state index contributed by atoms with van der Waals surface area (Å²) in [5.74, 6) is 0.816. The van der Waals surface area contributed by atoms with Crippen molar-refractivity contribution < 1.29 is 9.53 Å². The maximum atomic E-state index is 12.3. The molecule has 1 aromatic carbocycles. The highest BCUT2D eigenvalue weighted by Gasteiger charge is 2.17. The number of halogens is 1. The van der Waals surface area contributed by atoms with Crippen molar-refractivity contribution >= 4 is 18.3 Å². The van der Waals surface area contributed by atoms with Crippen LogP contribution in [0.5, 0.6) is 5.75 Å². The van der Waals surface area contributed by atoms with Crippen LogP contribution in [0.25, 0.3) is 0 Å². The molecule has 1 amide bonds. The van der Waals surface area contributed by atoms with E-state index in [4.69, 9.17) is 4.74 Å². The standard InChI is InChI=1S/C13H18N2O2.ClH/c1-17-12-5-2-4-11(10-12)13(16)15-8-3-6-14-7-9-15;/h2,4-5,10,14H,3,6-9H2,1H3;1H. The number of benzene rings is 1. The Hall–Kier alpha value is -1.26. The number of amides is 1.